The second-order valence-electron chi connectivity index (χ2n) is 5.75. The van der Waals surface area contributed by atoms with Crippen molar-refractivity contribution < 1.29 is 4.74 Å². The molecule has 0 N–H and O–H groups in total. The Bertz CT molecular complexity index is 808. The minimum atomic E-state index is 0.869. The maximum Gasteiger partial charge on any atom is 0.119 e. The zero-order chi connectivity index (χ0) is 17.5. The van der Waals surface area contributed by atoms with Crippen LogP contribution in [0.1, 0.15) is 18.1 Å². The van der Waals surface area contributed by atoms with Gasteiger partial charge in [-0.25, -0.2) is 0 Å². The third kappa shape index (κ3) is 4.10. The number of ether oxygens (including phenoxy) is 1. The van der Waals surface area contributed by atoms with Crippen LogP contribution in [0.15, 0.2) is 84.9 Å². The molecule has 0 fully saturated rings. The third-order valence-corrected chi connectivity index (χ3v) is 4.16. The van der Waals surface area contributed by atoms with E-state index in [1.807, 2.05) is 24.3 Å². The molecule has 0 amide bonds. The minimum Gasteiger partial charge on any atom is -0.497 e. The van der Waals surface area contributed by atoms with Crippen molar-refractivity contribution in [2.75, 3.05) is 18.6 Å². The lowest BCUT2D eigenvalue weighted by Crippen LogP contribution is -2.20. The number of hydrogen-bond donors (Lipinski definition) is 0. The Kier molecular flexibility index (Phi) is 5.53. The molecule has 0 aliphatic rings. The topological polar surface area (TPSA) is 12.5 Å². The largest absolute Gasteiger partial charge is 0.497 e. The summed E-state index contributed by atoms with van der Waals surface area (Å²) in [5, 5.41) is 0. The van der Waals surface area contributed by atoms with E-state index in [1.54, 1.807) is 7.11 Å². The normalized spacial score (nSPS) is 11.2. The summed E-state index contributed by atoms with van der Waals surface area (Å²) >= 11 is 0. The van der Waals surface area contributed by atoms with Gasteiger partial charge < -0.3 is 9.64 Å². The lowest BCUT2D eigenvalue weighted by Gasteiger charge is -2.27. The van der Waals surface area contributed by atoms with Gasteiger partial charge in [-0.3, -0.25) is 0 Å². The second kappa shape index (κ2) is 8.20. The maximum absolute atomic E-state index is 5.29. The Labute approximate surface area is 150 Å². The van der Waals surface area contributed by atoms with Crippen LogP contribution in [0.2, 0.25) is 0 Å². The third-order valence-electron chi connectivity index (χ3n) is 4.16. The molecule has 0 saturated heterocycles. The summed E-state index contributed by atoms with van der Waals surface area (Å²) in [6.07, 6.45) is 2.24. The molecule has 0 radical (unpaired) electrons. The highest BCUT2D eigenvalue weighted by molar-refractivity contribution is 5.90. The van der Waals surface area contributed by atoms with Crippen LogP contribution in [-0.2, 0) is 0 Å². The molecule has 0 heterocycles. The van der Waals surface area contributed by atoms with Gasteiger partial charge >= 0.3 is 0 Å². The number of benzene rings is 3. The highest BCUT2D eigenvalue weighted by Crippen LogP contribution is 2.29. The van der Waals surface area contributed by atoms with E-state index in [0.717, 1.165) is 18.0 Å². The molecular formula is C23H23NO. The summed E-state index contributed by atoms with van der Waals surface area (Å²) in [5.41, 5.74) is 4.71. The van der Waals surface area contributed by atoms with Gasteiger partial charge in [-0.1, -0.05) is 60.7 Å². The van der Waals surface area contributed by atoms with Crippen LogP contribution in [0.4, 0.5) is 5.69 Å². The van der Waals surface area contributed by atoms with Crippen molar-refractivity contribution in [3.63, 3.8) is 0 Å². The van der Waals surface area contributed by atoms with Gasteiger partial charge in [0.1, 0.15) is 5.75 Å². The van der Waals surface area contributed by atoms with Gasteiger partial charge in [0.2, 0.25) is 0 Å². The summed E-state index contributed by atoms with van der Waals surface area (Å²) in [7, 11) is 1.69. The molecule has 3 rings (SSSR count). The van der Waals surface area contributed by atoms with Gasteiger partial charge in [0.05, 0.1) is 7.11 Å². The van der Waals surface area contributed by atoms with Gasteiger partial charge in [-0.2, -0.15) is 0 Å². The molecule has 0 aliphatic carbocycles. The van der Waals surface area contributed by atoms with E-state index in [2.05, 4.69) is 78.6 Å². The molecule has 2 heteroatoms. The molecule has 126 valence electrons. The summed E-state index contributed by atoms with van der Waals surface area (Å²) in [6, 6.07) is 29.2. The standard InChI is InChI=1S/C23H23NO/c1-3-24(21-14-16-22(25-2)17-15-21)23(20-12-8-5-9-13-20)18-19-10-6-4-7-11-19/h4-18H,3H2,1-2H3/b23-18+. The Hall–Kier alpha value is -3.00. The molecule has 0 aliphatic heterocycles. The van der Waals surface area contributed by atoms with Crippen LogP contribution in [0, 0.1) is 0 Å². The fraction of sp³-hybridized carbons (Fsp3) is 0.130. The Morgan fingerprint density at radius 3 is 2.00 bits per heavy atom. The average Bonchev–Trinajstić information content (AvgIpc) is 2.70. The zero-order valence-electron chi connectivity index (χ0n) is 14.7. The smallest absolute Gasteiger partial charge is 0.119 e. The van der Waals surface area contributed by atoms with Crippen molar-refractivity contribution in [1.29, 1.82) is 0 Å². The van der Waals surface area contributed by atoms with E-state index >= 15 is 0 Å². The Morgan fingerprint density at radius 1 is 0.840 bits per heavy atom. The van der Waals surface area contributed by atoms with Crippen LogP contribution < -0.4 is 9.64 Å². The zero-order valence-corrected chi connectivity index (χ0v) is 14.7. The second-order valence-corrected chi connectivity index (χ2v) is 5.75. The highest BCUT2D eigenvalue weighted by atomic mass is 16.5. The van der Waals surface area contributed by atoms with Crippen molar-refractivity contribution in [3.05, 3.63) is 96.1 Å². The molecule has 0 atom stereocenters. The van der Waals surface area contributed by atoms with Gasteiger partial charge in [0.25, 0.3) is 0 Å². The van der Waals surface area contributed by atoms with Crippen LogP contribution in [0.25, 0.3) is 11.8 Å². The predicted molar refractivity (Wildman–Crippen MR) is 107 cm³/mol. The lowest BCUT2D eigenvalue weighted by atomic mass is 10.1. The quantitative estimate of drug-likeness (QED) is 0.536. The van der Waals surface area contributed by atoms with Gasteiger partial charge in [0.15, 0.2) is 0 Å². The molecule has 2 nitrogen and oxygen atoms in total. The molecule has 0 unspecified atom stereocenters. The van der Waals surface area contributed by atoms with Gasteiger partial charge in [0, 0.05) is 17.9 Å². The van der Waals surface area contributed by atoms with Crippen LogP contribution in [0.3, 0.4) is 0 Å². The monoisotopic (exact) mass is 329 g/mol. The number of anilines is 1. The first-order valence-electron chi connectivity index (χ1n) is 8.55. The van der Waals surface area contributed by atoms with E-state index in [4.69, 9.17) is 4.74 Å². The first-order valence-corrected chi connectivity index (χ1v) is 8.55. The summed E-state index contributed by atoms with van der Waals surface area (Å²) in [5.74, 6) is 0.869. The number of hydrogen-bond acceptors (Lipinski definition) is 2. The van der Waals surface area contributed by atoms with Crippen molar-refractivity contribution in [2.24, 2.45) is 0 Å². The molecule has 0 spiro atoms. The SMILES string of the molecule is CCN(/C(=C/c1ccccc1)c1ccccc1)c1ccc(OC)cc1. The van der Waals surface area contributed by atoms with Crippen molar-refractivity contribution in [1.82, 2.24) is 0 Å². The van der Waals surface area contributed by atoms with Crippen molar-refractivity contribution in [2.45, 2.75) is 6.92 Å². The number of methoxy groups -OCH3 is 1. The summed E-state index contributed by atoms with van der Waals surface area (Å²) in [6.45, 7) is 3.05. The van der Waals surface area contributed by atoms with E-state index in [0.29, 0.717) is 0 Å². The number of nitrogens with zero attached hydrogens (tertiary/aromatic N) is 1. The van der Waals surface area contributed by atoms with E-state index in [1.165, 1.54) is 16.8 Å². The fourth-order valence-electron chi connectivity index (χ4n) is 2.89. The lowest BCUT2D eigenvalue weighted by molar-refractivity contribution is 0.415. The molecule has 3 aromatic carbocycles. The highest BCUT2D eigenvalue weighted by Gasteiger charge is 2.12. The molecule has 0 aromatic heterocycles. The van der Waals surface area contributed by atoms with Crippen molar-refractivity contribution >= 4 is 17.5 Å². The summed E-state index contributed by atoms with van der Waals surface area (Å²) < 4.78 is 5.29. The molecule has 25 heavy (non-hydrogen) atoms. The van der Waals surface area contributed by atoms with E-state index in [9.17, 15) is 0 Å². The Balaban J connectivity index is 2.06. The maximum atomic E-state index is 5.29. The van der Waals surface area contributed by atoms with Crippen LogP contribution in [0.5, 0.6) is 5.75 Å². The molecule has 3 aromatic rings. The van der Waals surface area contributed by atoms with Gasteiger partial charge in [-0.15, -0.1) is 0 Å². The molecule has 0 bridgehead atoms. The van der Waals surface area contributed by atoms with Crippen LogP contribution in [-0.4, -0.2) is 13.7 Å². The summed E-state index contributed by atoms with van der Waals surface area (Å²) in [4.78, 5) is 2.32. The first-order chi connectivity index (χ1) is 12.3. The van der Waals surface area contributed by atoms with Crippen molar-refractivity contribution in [3.8, 4) is 5.75 Å². The molecular weight excluding hydrogens is 306 g/mol. The van der Waals surface area contributed by atoms with Gasteiger partial charge in [-0.05, 0) is 48.4 Å². The van der Waals surface area contributed by atoms with E-state index < -0.39 is 0 Å². The average molecular weight is 329 g/mol. The first kappa shape index (κ1) is 16.8. The minimum absolute atomic E-state index is 0.869. The molecule has 0 saturated carbocycles. The van der Waals surface area contributed by atoms with Crippen LogP contribution >= 0.6 is 0 Å². The number of rotatable bonds is 6. The Morgan fingerprint density at radius 2 is 1.44 bits per heavy atom. The fourth-order valence-corrected chi connectivity index (χ4v) is 2.89. The predicted octanol–water partition coefficient (Wildman–Crippen LogP) is 5.72. The van der Waals surface area contributed by atoms with E-state index in [-0.39, 0.29) is 0 Å².